The highest BCUT2D eigenvalue weighted by Crippen LogP contribution is 2.22. The molecule has 1 fully saturated rings. The summed E-state index contributed by atoms with van der Waals surface area (Å²) in [6.07, 6.45) is 5.28. The lowest BCUT2D eigenvalue weighted by Crippen LogP contribution is -2.25. The van der Waals surface area contributed by atoms with E-state index >= 15 is 0 Å². The second-order valence-electron chi connectivity index (χ2n) is 4.91. The van der Waals surface area contributed by atoms with Crippen molar-refractivity contribution in [2.24, 2.45) is 0 Å². The molecule has 0 aromatic heterocycles. The van der Waals surface area contributed by atoms with E-state index in [1.165, 1.54) is 24.8 Å². The maximum atomic E-state index is 5.72. The minimum atomic E-state index is 0.450. The molecule has 1 aliphatic heterocycles. The van der Waals surface area contributed by atoms with Crippen LogP contribution in [0.5, 0.6) is 5.75 Å². The van der Waals surface area contributed by atoms with Crippen LogP contribution in [0.1, 0.15) is 31.2 Å². The smallest absolute Gasteiger partial charge is 0.123 e. The normalized spacial score (nSPS) is 19.4. The van der Waals surface area contributed by atoms with Gasteiger partial charge >= 0.3 is 0 Å². The number of benzene rings is 1. The van der Waals surface area contributed by atoms with E-state index in [1.807, 2.05) is 12.1 Å². The fraction of sp³-hybridized carbons (Fsp3) is 0.600. The van der Waals surface area contributed by atoms with E-state index in [2.05, 4.69) is 27.3 Å². The molecule has 19 heavy (non-hydrogen) atoms. The zero-order chi connectivity index (χ0) is 13.5. The Bertz CT molecular complexity index is 392. The molecule has 0 aliphatic carbocycles. The van der Waals surface area contributed by atoms with Gasteiger partial charge in [-0.1, -0.05) is 15.9 Å². The predicted molar refractivity (Wildman–Crippen MR) is 80.6 cm³/mol. The van der Waals surface area contributed by atoms with E-state index < -0.39 is 0 Å². The first-order valence-electron chi connectivity index (χ1n) is 6.94. The van der Waals surface area contributed by atoms with Gasteiger partial charge in [0, 0.05) is 23.2 Å². The second-order valence-corrected chi connectivity index (χ2v) is 5.83. The Hall–Kier alpha value is -0.580. The Morgan fingerprint density at radius 2 is 2.32 bits per heavy atom. The first kappa shape index (κ1) is 14.8. The second kappa shape index (κ2) is 7.88. The molecule has 1 aromatic rings. The van der Waals surface area contributed by atoms with Crippen LogP contribution in [0.3, 0.4) is 0 Å². The van der Waals surface area contributed by atoms with Crippen LogP contribution in [-0.2, 0) is 11.3 Å². The van der Waals surface area contributed by atoms with E-state index in [-0.39, 0.29) is 0 Å². The van der Waals surface area contributed by atoms with E-state index in [1.54, 1.807) is 7.11 Å². The largest absolute Gasteiger partial charge is 0.496 e. The summed E-state index contributed by atoms with van der Waals surface area (Å²) in [5.41, 5.74) is 1.18. The van der Waals surface area contributed by atoms with Crippen molar-refractivity contribution in [3.63, 3.8) is 0 Å². The van der Waals surface area contributed by atoms with E-state index in [0.717, 1.165) is 36.3 Å². The molecule has 1 aromatic carbocycles. The van der Waals surface area contributed by atoms with Crippen molar-refractivity contribution < 1.29 is 9.47 Å². The van der Waals surface area contributed by atoms with Gasteiger partial charge in [-0.2, -0.15) is 0 Å². The van der Waals surface area contributed by atoms with Crippen LogP contribution in [-0.4, -0.2) is 26.4 Å². The van der Waals surface area contributed by atoms with Gasteiger partial charge < -0.3 is 14.8 Å². The van der Waals surface area contributed by atoms with Gasteiger partial charge in [0.05, 0.1) is 13.2 Å². The standard InChI is InChI=1S/C15H22BrNO2/c1-18-15-6-5-13(16)10-12(15)11-17-8-7-14-4-2-3-9-19-14/h5-6,10,14,17H,2-4,7-9,11H2,1H3. The van der Waals surface area contributed by atoms with Gasteiger partial charge in [0.25, 0.3) is 0 Å². The highest BCUT2D eigenvalue weighted by molar-refractivity contribution is 9.10. The van der Waals surface area contributed by atoms with E-state index in [9.17, 15) is 0 Å². The first-order chi connectivity index (χ1) is 9.29. The molecule has 0 bridgehead atoms. The maximum Gasteiger partial charge on any atom is 0.123 e. The van der Waals surface area contributed by atoms with Crippen LogP contribution < -0.4 is 10.1 Å². The van der Waals surface area contributed by atoms with Crippen LogP contribution in [0, 0.1) is 0 Å². The molecule has 1 N–H and O–H groups in total. The van der Waals surface area contributed by atoms with Crippen molar-refractivity contribution in [1.29, 1.82) is 0 Å². The highest BCUT2D eigenvalue weighted by atomic mass is 79.9. The number of ether oxygens (including phenoxy) is 2. The lowest BCUT2D eigenvalue weighted by molar-refractivity contribution is 0.0115. The van der Waals surface area contributed by atoms with Crippen molar-refractivity contribution in [3.8, 4) is 5.75 Å². The zero-order valence-electron chi connectivity index (χ0n) is 11.5. The summed E-state index contributed by atoms with van der Waals surface area (Å²) in [5.74, 6) is 0.935. The van der Waals surface area contributed by atoms with Crippen LogP contribution in [0.2, 0.25) is 0 Å². The summed E-state index contributed by atoms with van der Waals surface area (Å²) in [4.78, 5) is 0. The van der Waals surface area contributed by atoms with Crippen molar-refractivity contribution in [2.45, 2.75) is 38.3 Å². The van der Waals surface area contributed by atoms with Crippen LogP contribution in [0.15, 0.2) is 22.7 Å². The SMILES string of the molecule is COc1ccc(Br)cc1CNCCC1CCCCO1. The Morgan fingerprint density at radius 1 is 1.42 bits per heavy atom. The lowest BCUT2D eigenvalue weighted by Gasteiger charge is -2.22. The molecule has 1 atom stereocenters. The monoisotopic (exact) mass is 327 g/mol. The first-order valence-corrected chi connectivity index (χ1v) is 7.73. The summed E-state index contributed by atoms with van der Waals surface area (Å²) in [6, 6.07) is 6.09. The van der Waals surface area contributed by atoms with Crippen LogP contribution >= 0.6 is 15.9 Å². The summed E-state index contributed by atoms with van der Waals surface area (Å²) < 4.78 is 12.2. The molecule has 4 heteroatoms. The zero-order valence-corrected chi connectivity index (χ0v) is 13.0. The molecule has 106 valence electrons. The summed E-state index contributed by atoms with van der Waals surface area (Å²) >= 11 is 3.49. The highest BCUT2D eigenvalue weighted by Gasteiger charge is 2.13. The third-order valence-electron chi connectivity index (χ3n) is 3.47. The Balaban J connectivity index is 1.74. The number of methoxy groups -OCH3 is 1. The topological polar surface area (TPSA) is 30.5 Å². The van der Waals surface area contributed by atoms with E-state index in [4.69, 9.17) is 9.47 Å². The Kier molecular flexibility index (Phi) is 6.14. The number of hydrogen-bond donors (Lipinski definition) is 1. The van der Waals surface area contributed by atoms with Gasteiger partial charge in [0.15, 0.2) is 0 Å². The fourth-order valence-electron chi connectivity index (χ4n) is 2.41. The van der Waals surface area contributed by atoms with Gasteiger partial charge in [-0.3, -0.25) is 0 Å². The molecule has 0 spiro atoms. The van der Waals surface area contributed by atoms with Crippen LogP contribution in [0.4, 0.5) is 0 Å². The number of rotatable bonds is 6. The molecule has 1 unspecified atom stereocenters. The van der Waals surface area contributed by atoms with E-state index in [0.29, 0.717) is 6.10 Å². The number of hydrogen-bond acceptors (Lipinski definition) is 3. The lowest BCUT2D eigenvalue weighted by atomic mass is 10.1. The minimum absolute atomic E-state index is 0.450. The van der Waals surface area contributed by atoms with Gasteiger partial charge in [-0.05, 0) is 50.4 Å². The fourth-order valence-corrected chi connectivity index (χ4v) is 2.81. The molecule has 3 nitrogen and oxygen atoms in total. The molecular weight excluding hydrogens is 306 g/mol. The Labute approximate surface area is 123 Å². The minimum Gasteiger partial charge on any atom is -0.496 e. The van der Waals surface area contributed by atoms with Gasteiger partial charge in [0.2, 0.25) is 0 Å². The van der Waals surface area contributed by atoms with Crippen molar-refractivity contribution in [2.75, 3.05) is 20.3 Å². The molecule has 0 radical (unpaired) electrons. The van der Waals surface area contributed by atoms with Gasteiger partial charge in [-0.15, -0.1) is 0 Å². The molecular formula is C15H22BrNO2. The third-order valence-corrected chi connectivity index (χ3v) is 3.97. The summed E-state index contributed by atoms with van der Waals surface area (Å²) in [5, 5.41) is 3.47. The average Bonchev–Trinajstić information content (AvgIpc) is 2.45. The average molecular weight is 328 g/mol. The predicted octanol–water partition coefficient (Wildman–Crippen LogP) is 3.51. The number of nitrogens with one attached hydrogen (secondary N) is 1. The Morgan fingerprint density at radius 3 is 3.05 bits per heavy atom. The van der Waals surface area contributed by atoms with Gasteiger partial charge in [0.1, 0.15) is 5.75 Å². The third kappa shape index (κ3) is 4.79. The van der Waals surface area contributed by atoms with Crippen molar-refractivity contribution in [1.82, 2.24) is 5.32 Å². The number of halogens is 1. The molecule has 1 saturated heterocycles. The molecule has 0 saturated carbocycles. The molecule has 1 heterocycles. The quantitative estimate of drug-likeness (QED) is 0.811. The molecule has 1 aliphatic rings. The summed E-state index contributed by atoms with van der Waals surface area (Å²) in [7, 11) is 1.71. The van der Waals surface area contributed by atoms with Crippen molar-refractivity contribution in [3.05, 3.63) is 28.2 Å². The summed E-state index contributed by atoms with van der Waals surface area (Å²) in [6.45, 7) is 2.75. The van der Waals surface area contributed by atoms with Gasteiger partial charge in [-0.25, -0.2) is 0 Å². The molecule has 2 rings (SSSR count). The maximum absolute atomic E-state index is 5.72. The van der Waals surface area contributed by atoms with Crippen molar-refractivity contribution >= 4 is 15.9 Å². The van der Waals surface area contributed by atoms with Crippen LogP contribution in [0.25, 0.3) is 0 Å². The molecule has 0 amide bonds.